The Morgan fingerprint density at radius 1 is 1.17 bits per heavy atom. The Bertz CT molecular complexity index is 311. The molecule has 60 valence electrons. The third-order valence-electron chi connectivity index (χ3n) is 2.15. The lowest BCUT2D eigenvalue weighted by molar-refractivity contribution is -0.118. The van der Waals surface area contributed by atoms with Gasteiger partial charge in [-0.2, -0.15) is 0 Å². The van der Waals surface area contributed by atoms with Crippen LogP contribution >= 0.6 is 0 Å². The molecule has 0 aliphatic heterocycles. The first kappa shape index (κ1) is 7.29. The van der Waals surface area contributed by atoms with Crippen molar-refractivity contribution in [2.75, 3.05) is 0 Å². The molecule has 12 heavy (non-hydrogen) atoms. The minimum Gasteiger partial charge on any atom is -0.298 e. The summed E-state index contributed by atoms with van der Waals surface area (Å²) in [6.45, 7) is 0. The van der Waals surface area contributed by atoms with Crippen LogP contribution in [0.3, 0.4) is 0 Å². The summed E-state index contributed by atoms with van der Waals surface area (Å²) >= 11 is 0. The largest absolute Gasteiger partial charge is 0.298 e. The number of Topliss-reactive ketones (excluding diaryl/α,β-unsaturated/α-hetero) is 1. The van der Waals surface area contributed by atoms with E-state index in [1.807, 2.05) is 42.5 Å². The van der Waals surface area contributed by atoms with E-state index in [9.17, 15) is 4.79 Å². The fourth-order valence-electron chi connectivity index (χ4n) is 1.51. The number of carbonyl (C=O) groups is 1. The first-order valence-corrected chi connectivity index (χ1v) is 4.12. The van der Waals surface area contributed by atoms with Crippen molar-refractivity contribution in [1.29, 1.82) is 0 Å². The van der Waals surface area contributed by atoms with Gasteiger partial charge in [-0.05, 0) is 5.56 Å². The highest BCUT2D eigenvalue weighted by Crippen LogP contribution is 2.24. The second-order valence-electron chi connectivity index (χ2n) is 2.99. The number of benzene rings is 1. The lowest BCUT2D eigenvalue weighted by Crippen LogP contribution is -2.03. The SMILES string of the molecule is O=C1CC=CC1c1ccccc1. The Balaban J connectivity index is 2.31. The van der Waals surface area contributed by atoms with Crippen LogP contribution in [0.15, 0.2) is 42.5 Å². The number of allylic oxidation sites excluding steroid dienone is 2. The van der Waals surface area contributed by atoms with Crippen LogP contribution in [0.2, 0.25) is 0 Å². The van der Waals surface area contributed by atoms with Crippen LogP contribution in [0.25, 0.3) is 0 Å². The predicted molar refractivity (Wildman–Crippen MR) is 47.9 cm³/mol. The van der Waals surface area contributed by atoms with Crippen LogP contribution < -0.4 is 0 Å². The van der Waals surface area contributed by atoms with E-state index in [-0.39, 0.29) is 5.92 Å². The number of ketones is 1. The van der Waals surface area contributed by atoms with Crippen molar-refractivity contribution in [3.63, 3.8) is 0 Å². The monoisotopic (exact) mass is 158 g/mol. The van der Waals surface area contributed by atoms with Crippen molar-refractivity contribution in [1.82, 2.24) is 0 Å². The Kier molecular flexibility index (Phi) is 1.78. The molecule has 1 heteroatoms. The number of carbonyl (C=O) groups excluding carboxylic acids is 1. The maximum absolute atomic E-state index is 11.3. The summed E-state index contributed by atoms with van der Waals surface area (Å²) < 4.78 is 0. The van der Waals surface area contributed by atoms with Crippen molar-refractivity contribution in [2.45, 2.75) is 12.3 Å². The smallest absolute Gasteiger partial charge is 0.147 e. The summed E-state index contributed by atoms with van der Waals surface area (Å²) in [6, 6.07) is 9.90. The highest BCUT2D eigenvalue weighted by atomic mass is 16.1. The van der Waals surface area contributed by atoms with Crippen LogP contribution in [0, 0.1) is 0 Å². The average molecular weight is 158 g/mol. The van der Waals surface area contributed by atoms with Gasteiger partial charge in [-0.1, -0.05) is 42.5 Å². The number of rotatable bonds is 1. The van der Waals surface area contributed by atoms with Gasteiger partial charge in [-0.15, -0.1) is 0 Å². The Hall–Kier alpha value is -1.37. The van der Waals surface area contributed by atoms with Crippen LogP contribution in [-0.2, 0) is 4.79 Å². The van der Waals surface area contributed by atoms with Crippen LogP contribution in [0.5, 0.6) is 0 Å². The maximum atomic E-state index is 11.3. The van der Waals surface area contributed by atoms with E-state index < -0.39 is 0 Å². The lowest BCUT2D eigenvalue weighted by atomic mass is 9.98. The fourth-order valence-corrected chi connectivity index (χ4v) is 1.51. The van der Waals surface area contributed by atoms with Gasteiger partial charge in [0.15, 0.2) is 0 Å². The van der Waals surface area contributed by atoms with Crippen molar-refractivity contribution in [2.24, 2.45) is 0 Å². The standard InChI is InChI=1S/C11H10O/c12-11-8-4-7-10(11)9-5-2-1-3-6-9/h1-7,10H,8H2. The minimum absolute atomic E-state index is 0.0196. The van der Waals surface area contributed by atoms with E-state index >= 15 is 0 Å². The predicted octanol–water partition coefficient (Wildman–Crippen LogP) is 2.30. The Morgan fingerprint density at radius 3 is 2.50 bits per heavy atom. The Labute approximate surface area is 71.7 Å². The van der Waals surface area contributed by atoms with Gasteiger partial charge in [-0.3, -0.25) is 4.79 Å². The molecule has 0 N–H and O–H groups in total. The molecule has 1 aromatic carbocycles. The van der Waals surface area contributed by atoms with Crippen molar-refractivity contribution in [3.05, 3.63) is 48.0 Å². The topological polar surface area (TPSA) is 17.1 Å². The van der Waals surface area contributed by atoms with Gasteiger partial charge in [-0.25, -0.2) is 0 Å². The molecule has 0 heterocycles. The van der Waals surface area contributed by atoms with Crippen molar-refractivity contribution >= 4 is 5.78 Å². The summed E-state index contributed by atoms with van der Waals surface area (Å²) in [5, 5.41) is 0. The molecule has 0 amide bonds. The van der Waals surface area contributed by atoms with Crippen molar-refractivity contribution < 1.29 is 4.79 Å². The summed E-state index contributed by atoms with van der Waals surface area (Å²) in [6.07, 6.45) is 4.53. The molecule has 1 aliphatic carbocycles. The van der Waals surface area contributed by atoms with Gasteiger partial charge >= 0.3 is 0 Å². The van der Waals surface area contributed by atoms with Gasteiger partial charge in [0, 0.05) is 6.42 Å². The molecule has 0 bridgehead atoms. The van der Waals surface area contributed by atoms with Gasteiger partial charge in [0.05, 0.1) is 5.92 Å². The maximum Gasteiger partial charge on any atom is 0.147 e. The van der Waals surface area contributed by atoms with Crippen LogP contribution in [-0.4, -0.2) is 5.78 Å². The minimum atomic E-state index is 0.0196. The second kappa shape index (κ2) is 2.94. The van der Waals surface area contributed by atoms with Gasteiger partial charge in [0.25, 0.3) is 0 Å². The first-order valence-electron chi connectivity index (χ1n) is 4.12. The molecule has 0 spiro atoms. The molecular formula is C11H10O. The lowest BCUT2D eigenvalue weighted by Gasteiger charge is -2.05. The zero-order valence-electron chi connectivity index (χ0n) is 6.73. The molecule has 0 radical (unpaired) electrons. The van der Waals surface area contributed by atoms with E-state index in [0.29, 0.717) is 12.2 Å². The Morgan fingerprint density at radius 2 is 1.92 bits per heavy atom. The van der Waals surface area contributed by atoms with E-state index in [4.69, 9.17) is 0 Å². The third kappa shape index (κ3) is 1.18. The van der Waals surface area contributed by atoms with Crippen LogP contribution in [0.1, 0.15) is 17.9 Å². The quantitative estimate of drug-likeness (QED) is 0.573. The van der Waals surface area contributed by atoms with Gasteiger partial charge < -0.3 is 0 Å². The van der Waals surface area contributed by atoms with Crippen molar-refractivity contribution in [3.8, 4) is 0 Å². The summed E-state index contributed by atoms with van der Waals surface area (Å²) in [5.41, 5.74) is 1.11. The van der Waals surface area contributed by atoms with E-state index in [0.717, 1.165) is 5.56 Å². The zero-order valence-corrected chi connectivity index (χ0v) is 6.73. The molecule has 1 aromatic rings. The molecule has 0 aromatic heterocycles. The summed E-state index contributed by atoms with van der Waals surface area (Å²) in [4.78, 5) is 11.3. The highest BCUT2D eigenvalue weighted by molar-refractivity contribution is 5.91. The molecule has 1 atom stereocenters. The zero-order chi connectivity index (χ0) is 8.39. The van der Waals surface area contributed by atoms with Gasteiger partial charge in [0.2, 0.25) is 0 Å². The van der Waals surface area contributed by atoms with E-state index in [2.05, 4.69) is 0 Å². The summed E-state index contributed by atoms with van der Waals surface area (Å²) in [7, 11) is 0. The molecule has 1 nitrogen and oxygen atoms in total. The average Bonchev–Trinajstić information content (AvgIpc) is 2.53. The van der Waals surface area contributed by atoms with Crippen LogP contribution in [0.4, 0.5) is 0 Å². The summed E-state index contributed by atoms with van der Waals surface area (Å²) in [5.74, 6) is 0.326. The molecular weight excluding hydrogens is 148 g/mol. The fraction of sp³-hybridized carbons (Fsp3) is 0.182. The first-order chi connectivity index (χ1) is 5.88. The molecule has 0 saturated heterocycles. The molecule has 2 rings (SSSR count). The molecule has 0 saturated carbocycles. The van der Waals surface area contributed by atoms with E-state index in [1.54, 1.807) is 0 Å². The molecule has 0 fully saturated rings. The number of hydrogen-bond acceptors (Lipinski definition) is 1. The second-order valence-corrected chi connectivity index (χ2v) is 2.99. The molecule has 1 unspecified atom stereocenters. The normalized spacial score (nSPS) is 21.7. The molecule has 1 aliphatic rings. The number of hydrogen-bond donors (Lipinski definition) is 0. The third-order valence-corrected chi connectivity index (χ3v) is 2.15. The van der Waals surface area contributed by atoms with Gasteiger partial charge in [0.1, 0.15) is 5.78 Å². The van der Waals surface area contributed by atoms with E-state index in [1.165, 1.54) is 0 Å². The highest BCUT2D eigenvalue weighted by Gasteiger charge is 2.19.